The molecule has 0 atom stereocenters. The van der Waals surface area contributed by atoms with Crippen LogP contribution in [0.4, 0.5) is 0 Å². The Morgan fingerprint density at radius 1 is 1.25 bits per heavy atom. The van der Waals surface area contributed by atoms with Gasteiger partial charge in [-0.25, -0.2) is 13.4 Å². The Morgan fingerprint density at radius 3 is 2.71 bits per heavy atom. The molecule has 1 aromatic heterocycles. The van der Waals surface area contributed by atoms with E-state index in [1.807, 2.05) is 13.0 Å². The zero-order chi connectivity index (χ0) is 17.2. The fourth-order valence-electron chi connectivity index (χ4n) is 2.88. The lowest BCUT2D eigenvalue weighted by molar-refractivity contribution is 0.0698. The van der Waals surface area contributed by atoms with Crippen LogP contribution in [-0.4, -0.2) is 65.4 Å². The van der Waals surface area contributed by atoms with Crippen LogP contribution in [0.3, 0.4) is 0 Å². The minimum absolute atomic E-state index is 0.0721. The molecule has 8 heteroatoms. The minimum Gasteiger partial charge on any atom is -0.345 e. The molecule has 1 N–H and O–H groups in total. The van der Waals surface area contributed by atoms with Crippen molar-refractivity contribution in [3.05, 3.63) is 30.1 Å². The summed E-state index contributed by atoms with van der Waals surface area (Å²) < 4.78 is 25.9. The van der Waals surface area contributed by atoms with Gasteiger partial charge in [0.1, 0.15) is 0 Å². The van der Waals surface area contributed by atoms with Crippen molar-refractivity contribution in [3.8, 4) is 0 Å². The summed E-state index contributed by atoms with van der Waals surface area (Å²) in [6.07, 6.45) is 3.12. The Kier molecular flexibility index (Phi) is 4.86. The van der Waals surface area contributed by atoms with Crippen LogP contribution in [0.25, 0.3) is 11.0 Å². The Bertz CT molecular complexity index is 823. The van der Waals surface area contributed by atoms with Crippen molar-refractivity contribution in [3.63, 3.8) is 0 Å². The lowest BCUT2D eigenvalue weighted by Crippen LogP contribution is -2.51. The molecule has 2 heterocycles. The normalized spacial score (nSPS) is 16.6. The summed E-state index contributed by atoms with van der Waals surface area (Å²) in [5.74, 6) is 0.116. The maximum absolute atomic E-state index is 12.6. The SMILES string of the molecule is CCCCS(=O)(=O)N1CCN(C(=O)c2ccc3nc[nH]c3c2)CC1. The molecule has 1 saturated heterocycles. The first kappa shape index (κ1) is 16.9. The van der Waals surface area contributed by atoms with Gasteiger partial charge in [0.2, 0.25) is 10.0 Å². The number of H-pyrrole nitrogens is 1. The topological polar surface area (TPSA) is 86.4 Å². The largest absolute Gasteiger partial charge is 0.345 e. The standard InChI is InChI=1S/C16H22N4O3S/c1-2-3-10-24(22,23)20-8-6-19(7-9-20)16(21)13-4-5-14-15(11-13)18-12-17-14/h4-5,11-12H,2-3,6-10H2,1H3,(H,17,18). The highest BCUT2D eigenvalue weighted by Gasteiger charge is 2.28. The highest BCUT2D eigenvalue weighted by molar-refractivity contribution is 7.89. The second-order valence-electron chi connectivity index (χ2n) is 6.00. The number of piperazine rings is 1. The third-order valence-electron chi connectivity index (χ3n) is 4.34. The van der Waals surface area contributed by atoms with Crippen LogP contribution in [0.2, 0.25) is 0 Å². The van der Waals surface area contributed by atoms with Crippen LogP contribution in [0.1, 0.15) is 30.1 Å². The third kappa shape index (κ3) is 3.44. The van der Waals surface area contributed by atoms with Crippen LogP contribution in [0.5, 0.6) is 0 Å². The van der Waals surface area contributed by atoms with E-state index in [0.717, 1.165) is 17.5 Å². The van der Waals surface area contributed by atoms with Gasteiger partial charge >= 0.3 is 0 Å². The van der Waals surface area contributed by atoms with Gasteiger partial charge in [0.25, 0.3) is 5.91 Å². The molecule has 0 aliphatic carbocycles. The maximum atomic E-state index is 12.6. The predicted octanol–water partition coefficient (Wildman–Crippen LogP) is 1.45. The average Bonchev–Trinajstić information content (AvgIpc) is 3.07. The number of unbranched alkanes of at least 4 members (excludes halogenated alkanes) is 1. The number of sulfonamides is 1. The summed E-state index contributed by atoms with van der Waals surface area (Å²) in [5.41, 5.74) is 2.23. The molecule has 1 aromatic carbocycles. The summed E-state index contributed by atoms with van der Waals surface area (Å²) in [6.45, 7) is 3.55. The quantitative estimate of drug-likeness (QED) is 0.884. The number of imidazole rings is 1. The molecular formula is C16H22N4O3S. The van der Waals surface area contributed by atoms with E-state index in [1.165, 1.54) is 4.31 Å². The molecule has 1 aliphatic rings. The van der Waals surface area contributed by atoms with Crippen molar-refractivity contribution in [2.45, 2.75) is 19.8 Å². The molecule has 1 amide bonds. The van der Waals surface area contributed by atoms with Gasteiger partial charge in [0.05, 0.1) is 23.1 Å². The molecule has 7 nitrogen and oxygen atoms in total. The number of fused-ring (bicyclic) bond motifs is 1. The van der Waals surface area contributed by atoms with Gasteiger partial charge in [0, 0.05) is 31.7 Å². The molecule has 0 saturated carbocycles. The van der Waals surface area contributed by atoms with Crippen molar-refractivity contribution < 1.29 is 13.2 Å². The van der Waals surface area contributed by atoms with Gasteiger partial charge in [0.15, 0.2) is 0 Å². The predicted molar refractivity (Wildman–Crippen MR) is 92.3 cm³/mol. The second kappa shape index (κ2) is 6.90. The zero-order valence-corrected chi connectivity index (χ0v) is 14.6. The van der Waals surface area contributed by atoms with E-state index in [-0.39, 0.29) is 11.7 Å². The molecule has 1 fully saturated rings. The molecule has 0 spiro atoms. The highest BCUT2D eigenvalue weighted by atomic mass is 32.2. The van der Waals surface area contributed by atoms with Crippen molar-refractivity contribution in [2.24, 2.45) is 0 Å². The van der Waals surface area contributed by atoms with E-state index in [0.29, 0.717) is 38.2 Å². The molecule has 2 aromatic rings. The number of hydrogen-bond acceptors (Lipinski definition) is 4. The lowest BCUT2D eigenvalue weighted by Gasteiger charge is -2.34. The van der Waals surface area contributed by atoms with Crippen molar-refractivity contribution in [1.82, 2.24) is 19.2 Å². The molecule has 130 valence electrons. The first-order chi connectivity index (χ1) is 11.5. The van der Waals surface area contributed by atoms with Gasteiger partial charge in [-0.05, 0) is 24.6 Å². The zero-order valence-electron chi connectivity index (χ0n) is 13.7. The van der Waals surface area contributed by atoms with E-state index in [2.05, 4.69) is 9.97 Å². The Hall–Kier alpha value is -1.93. The fourth-order valence-corrected chi connectivity index (χ4v) is 4.51. The number of hydrogen-bond donors (Lipinski definition) is 1. The Labute approximate surface area is 141 Å². The molecular weight excluding hydrogens is 328 g/mol. The first-order valence-corrected chi connectivity index (χ1v) is 9.82. The summed E-state index contributed by atoms with van der Waals surface area (Å²) in [4.78, 5) is 21.5. The first-order valence-electron chi connectivity index (χ1n) is 8.21. The number of nitrogens with one attached hydrogen (secondary N) is 1. The number of nitrogens with zero attached hydrogens (tertiary/aromatic N) is 3. The summed E-state index contributed by atoms with van der Waals surface area (Å²) >= 11 is 0. The number of aromatic amines is 1. The minimum atomic E-state index is -3.20. The van der Waals surface area contributed by atoms with Crippen LogP contribution in [-0.2, 0) is 10.0 Å². The fraction of sp³-hybridized carbons (Fsp3) is 0.500. The number of carbonyl (C=O) groups is 1. The van der Waals surface area contributed by atoms with Gasteiger partial charge in [-0.1, -0.05) is 13.3 Å². The number of carbonyl (C=O) groups excluding carboxylic acids is 1. The monoisotopic (exact) mass is 350 g/mol. The number of amides is 1. The number of rotatable bonds is 5. The molecule has 0 radical (unpaired) electrons. The van der Waals surface area contributed by atoms with Crippen LogP contribution >= 0.6 is 0 Å². The molecule has 0 bridgehead atoms. The van der Waals surface area contributed by atoms with Crippen molar-refractivity contribution in [1.29, 1.82) is 0 Å². The molecule has 3 rings (SSSR count). The van der Waals surface area contributed by atoms with Crippen LogP contribution in [0.15, 0.2) is 24.5 Å². The lowest BCUT2D eigenvalue weighted by atomic mass is 10.1. The number of benzene rings is 1. The van der Waals surface area contributed by atoms with E-state index < -0.39 is 10.0 Å². The van der Waals surface area contributed by atoms with Gasteiger partial charge in [-0.2, -0.15) is 4.31 Å². The number of aromatic nitrogens is 2. The molecule has 1 aliphatic heterocycles. The van der Waals surface area contributed by atoms with Gasteiger partial charge in [-0.3, -0.25) is 4.79 Å². The molecule has 24 heavy (non-hydrogen) atoms. The Morgan fingerprint density at radius 2 is 2.00 bits per heavy atom. The second-order valence-corrected chi connectivity index (χ2v) is 8.08. The van der Waals surface area contributed by atoms with Gasteiger partial charge in [-0.15, -0.1) is 0 Å². The van der Waals surface area contributed by atoms with Crippen LogP contribution < -0.4 is 0 Å². The Balaban J connectivity index is 1.64. The summed E-state index contributed by atoms with van der Waals surface area (Å²) in [5, 5.41) is 0. The van der Waals surface area contributed by atoms with E-state index >= 15 is 0 Å². The molecule has 0 unspecified atom stereocenters. The maximum Gasteiger partial charge on any atom is 0.254 e. The average molecular weight is 350 g/mol. The van der Waals surface area contributed by atoms with Crippen LogP contribution in [0, 0.1) is 0 Å². The summed E-state index contributed by atoms with van der Waals surface area (Å²) in [7, 11) is -3.20. The smallest absolute Gasteiger partial charge is 0.254 e. The summed E-state index contributed by atoms with van der Waals surface area (Å²) in [6, 6.07) is 5.36. The highest BCUT2D eigenvalue weighted by Crippen LogP contribution is 2.16. The van der Waals surface area contributed by atoms with E-state index in [4.69, 9.17) is 0 Å². The van der Waals surface area contributed by atoms with E-state index in [9.17, 15) is 13.2 Å². The van der Waals surface area contributed by atoms with Crippen molar-refractivity contribution >= 4 is 27.0 Å². The van der Waals surface area contributed by atoms with Crippen molar-refractivity contribution in [2.75, 3.05) is 31.9 Å². The third-order valence-corrected chi connectivity index (χ3v) is 6.30. The van der Waals surface area contributed by atoms with Gasteiger partial charge < -0.3 is 9.88 Å². The van der Waals surface area contributed by atoms with E-state index in [1.54, 1.807) is 23.4 Å².